The van der Waals surface area contributed by atoms with Gasteiger partial charge in [0, 0.05) is 23.8 Å². The minimum Gasteiger partial charge on any atom is -0.481 e. The zero-order valence-electron chi connectivity index (χ0n) is 13.1. The Morgan fingerprint density at radius 2 is 1.80 bits per heavy atom. The van der Waals surface area contributed by atoms with Crippen LogP contribution >= 0.6 is 0 Å². The molecular formula is C14H23BN2O3. The summed E-state index contributed by atoms with van der Waals surface area (Å²) >= 11 is 0. The molecule has 0 radical (unpaired) electrons. The molecule has 0 saturated carbocycles. The van der Waals surface area contributed by atoms with Crippen molar-refractivity contribution in [2.75, 3.05) is 7.11 Å². The van der Waals surface area contributed by atoms with Gasteiger partial charge in [-0.05, 0) is 40.2 Å². The van der Waals surface area contributed by atoms with Gasteiger partial charge in [0.15, 0.2) is 0 Å². The van der Waals surface area contributed by atoms with Crippen LogP contribution < -0.4 is 15.9 Å². The standard InChI is InChI=1S/C14H23BN2O3/c1-9(16)10-7-12(18-6)17-8-11(10)15-19-13(2,3)14(4,5)20-15/h7-9H,16H2,1-6H3. The molecule has 2 N–H and O–H groups in total. The third-order valence-corrected chi connectivity index (χ3v) is 4.15. The number of hydrogen-bond acceptors (Lipinski definition) is 5. The summed E-state index contributed by atoms with van der Waals surface area (Å²) in [6.07, 6.45) is 1.72. The van der Waals surface area contributed by atoms with Crippen molar-refractivity contribution in [3.05, 3.63) is 17.8 Å². The summed E-state index contributed by atoms with van der Waals surface area (Å²) < 4.78 is 17.3. The van der Waals surface area contributed by atoms with Crippen LogP contribution in [0.2, 0.25) is 0 Å². The zero-order valence-corrected chi connectivity index (χ0v) is 13.1. The molecule has 2 heterocycles. The van der Waals surface area contributed by atoms with Gasteiger partial charge in [0.25, 0.3) is 0 Å². The molecule has 0 aromatic carbocycles. The predicted molar refractivity (Wildman–Crippen MR) is 79.1 cm³/mol. The number of pyridine rings is 1. The van der Waals surface area contributed by atoms with Gasteiger partial charge < -0.3 is 19.8 Å². The molecule has 1 aliphatic rings. The van der Waals surface area contributed by atoms with E-state index in [0.717, 1.165) is 11.0 Å². The fourth-order valence-corrected chi connectivity index (χ4v) is 2.13. The summed E-state index contributed by atoms with van der Waals surface area (Å²) in [7, 11) is 1.13. The highest BCUT2D eigenvalue weighted by Gasteiger charge is 2.52. The molecule has 2 rings (SSSR count). The highest BCUT2D eigenvalue weighted by molar-refractivity contribution is 6.62. The van der Waals surface area contributed by atoms with E-state index in [2.05, 4.69) is 4.98 Å². The van der Waals surface area contributed by atoms with E-state index in [-0.39, 0.29) is 17.2 Å². The summed E-state index contributed by atoms with van der Waals surface area (Å²) in [5.74, 6) is 0.539. The van der Waals surface area contributed by atoms with Crippen molar-refractivity contribution >= 4 is 12.6 Å². The van der Waals surface area contributed by atoms with Gasteiger partial charge in [-0.2, -0.15) is 0 Å². The number of ether oxygens (including phenoxy) is 1. The number of nitrogens with zero attached hydrogens (tertiary/aromatic N) is 1. The highest BCUT2D eigenvalue weighted by Crippen LogP contribution is 2.37. The number of nitrogens with two attached hydrogens (primary N) is 1. The molecule has 0 spiro atoms. The second kappa shape index (κ2) is 5.02. The number of hydrogen-bond donors (Lipinski definition) is 1. The fourth-order valence-electron chi connectivity index (χ4n) is 2.13. The molecular weight excluding hydrogens is 255 g/mol. The lowest BCUT2D eigenvalue weighted by Crippen LogP contribution is -2.41. The van der Waals surface area contributed by atoms with Crippen molar-refractivity contribution in [3.8, 4) is 5.88 Å². The summed E-state index contributed by atoms with van der Waals surface area (Å²) in [6.45, 7) is 10.0. The summed E-state index contributed by atoms with van der Waals surface area (Å²) in [5, 5.41) is 0. The highest BCUT2D eigenvalue weighted by atomic mass is 16.7. The van der Waals surface area contributed by atoms with E-state index in [0.29, 0.717) is 5.88 Å². The lowest BCUT2D eigenvalue weighted by atomic mass is 9.76. The van der Waals surface area contributed by atoms with Crippen LogP contribution in [0.25, 0.3) is 0 Å². The van der Waals surface area contributed by atoms with Gasteiger partial charge in [-0.25, -0.2) is 4.98 Å². The van der Waals surface area contributed by atoms with E-state index in [1.165, 1.54) is 0 Å². The first-order chi connectivity index (χ1) is 9.18. The summed E-state index contributed by atoms with van der Waals surface area (Å²) in [5.41, 5.74) is 7.07. The van der Waals surface area contributed by atoms with E-state index in [4.69, 9.17) is 19.8 Å². The largest absolute Gasteiger partial charge is 0.496 e. The average Bonchev–Trinajstić information content (AvgIpc) is 2.57. The Kier molecular flexibility index (Phi) is 3.84. The maximum Gasteiger partial charge on any atom is 0.496 e. The van der Waals surface area contributed by atoms with Crippen molar-refractivity contribution in [2.45, 2.75) is 51.9 Å². The molecule has 0 bridgehead atoms. The molecule has 1 fully saturated rings. The molecule has 1 saturated heterocycles. The third kappa shape index (κ3) is 2.55. The Morgan fingerprint density at radius 1 is 1.25 bits per heavy atom. The Bertz CT molecular complexity index is 487. The normalized spacial score (nSPS) is 21.9. The van der Waals surface area contributed by atoms with Gasteiger partial charge in [0.05, 0.1) is 18.3 Å². The maximum atomic E-state index is 6.06. The van der Waals surface area contributed by atoms with Crippen LogP contribution in [0, 0.1) is 0 Å². The van der Waals surface area contributed by atoms with Gasteiger partial charge in [-0.3, -0.25) is 0 Å². The molecule has 1 unspecified atom stereocenters. The van der Waals surface area contributed by atoms with E-state index >= 15 is 0 Å². The second-order valence-corrected chi connectivity index (χ2v) is 6.23. The van der Waals surface area contributed by atoms with Crippen molar-refractivity contribution in [3.63, 3.8) is 0 Å². The monoisotopic (exact) mass is 278 g/mol. The molecule has 6 heteroatoms. The van der Waals surface area contributed by atoms with Crippen LogP contribution in [-0.2, 0) is 9.31 Å². The van der Waals surface area contributed by atoms with Gasteiger partial charge in [-0.1, -0.05) is 0 Å². The minimum atomic E-state index is -0.459. The zero-order chi connectivity index (χ0) is 15.1. The topological polar surface area (TPSA) is 66.6 Å². The maximum absolute atomic E-state index is 6.06. The quantitative estimate of drug-likeness (QED) is 0.847. The molecule has 110 valence electrons. The molecule has 0 amide bonds. The lowest BCUT2D eigenvalue weighted by molar-refractivity contribution is 0.00578. The Morgan fingerprint density at radius 3 is 2.25 bits per heavy atom. The average molecular weight is 278 g/mol. The van der Waals surface area contributed by atoms with Gasteiger partial charge in [-0.15, -0.1) is 0 Å². The first-order valence-corrected chi connectivity index (χ1v) is 6.83. The first-order valence-electron chi connectivity index (χ1n) is 6.83. The molecule has 1 aromatic rings. The number of aromatic nitrogens is 1. The molecule has 0 aliphatic carbocycles. The van der Waals surface area contributed by atoms with E-state index < -0.39 is 7.12 Å². The Hall–Kier alpha value is -1.11. The summed E-state index contributed by atoms with van der Waals surface area (Å²) in [4.78, 5) is 4.24. The molecule has 1 aromatic heterocycles. The minimum absolute atomic E-state index is 0.152. The SMILES string of the molecule is COc1cc(C(C)N)c(B2OC(C)(C)C(C)(C)O2)cn1. The van der Waals surface area contributed by atoms with Crippen molar-refractivity contribution in [2.24, 2.45) is 5.73 Å². The molecule has 1 atom stereocenters. The van der Waals surface area contributed by atoms with E-state index in [9.17, 15) is 0 Å². The summed E-state index contributed by atoms with van der Waals surface area (Å²) in [6, 6.07) is 1.69. The van der Waals surface area contributed by atoms with E-state index in [1.54, 1.807) is 13.3 Å². The van der Waals surface area contributed by atoms with Crippen LogP contribution in [0.15, 0.2) is 12.3 Å². The third-order valence-electron chi connectivity index (χ3n) is 4.15. The Labute approximate surface area is 121 Å². The van der Waals surface area contributed by atoms with Crippen LogP contribution in [0.3, 0.4) is 0 Å². The fraction of sp³-hybridized carbons (Fsp3) is 0.643. The Balaban J connectivity index is 2.39. The molecule has 1 aliphatic heterocycles. The molecule has 20 heavy (non-hydrogen) atoms. The predicted octanol–water partition coefficient (Wildman–Crippen LogP) is 1.41. The van der Waals surface area contributed by atoms with E-state index in [1.807, 2.05) is 40.7 Å². The molecule has 5 nitrogen and oxygen atoms in total. The van der Waals surface area contributed by atoms with Crippen molar-refractivity contribution < 1.29 is 14.0 Å². The van der Waals surface area contributed by atoms with Crippen molar-refractivity contribution in [1.29, 1.82) is 0 Å². The van der Waals surface area contributed by atoms with Gasteiger partial charge in [0.1, 0.15) is 0 Å². The van der Waals surface area contributed by atoms with Crippen molar-refractivity contribution in [1.82, 2.24) is 4.98 Å². The lowest BCUT2D eigenvalue weighted by Gasteiger charge is -2.32. The first kappa shape index (κ1) is 15.3. The van der Waals surface area contributed by atoms with Crippen LogP contribution in [-0.4, -0.2) is 30.4 Å². The van der Waals surface area contributed by atoms with Crippen LogP contribution in [0.5, 0.6) is 5.88 Å². The smallest absolute Gasteiger partial charge is 0.481 e. The van der Waals surface area contributed by atoms with Crippen LogP contribution in [0.1, 0.15) is 46.2 Å². The van der Waals surface area contributed by atoms with Crippen LogP contribution in [0.4, 0.5) is 0 Å². The van der Waals surface area contributed by atoms with Gasteiger partial charge in [0.2, 0.25) is 5.88 Å². The number of rotatable bonds is 3. The van der Waals surface area contributed by atoms with Gasteiger partial charge >= 0.3 is 7.12 Å². The number of methoxy groups -OCH3 is 1. The second-order valence-electron chi connectivity index (χ2n) is 6.23.